The first-order valence-corrected chi connectivity index (χ1v) is 6.02. The highest BCUT2D eigenvalue weighted by atomic mass is 35.5. The number of aryl methyl sites for hydroxylation is 1. The molecule has 0 spiro atoms. The molecule has 90 valence electrons. The maximum atomic E-state index is 6.03. The summed E-state index contributed by atoms with van der Waals surface area (Å²) < 4.78 is 1.72. The van der Waals surface area contributed by atoms with E-state index in [9.17, 15) is 0 Å². The van der Waals surface area contributed by atoms with Crippen LogP contribution in [0.4, 0.5) is 5.82 Å². The Bertz CT molecular complexity index is 531. The molecule has 1 unspecified atom stereocenters. The highest BCUT2D eigenvalue weighted by Gasteiger charge is 2.16. The summed E-state index contributed by atoms with van der Waals surface area (Å²) in [6.07, 6.45) is 0. The first kappa shape index (κ1) is 12.3. The molecular weight excluding hydrogens is 257 g/mol. The number of hydrogen-bond donors (Lipinski definition) is 1. The molecule has 1 heterocycles. The van der Waals surface area contributed by atoms with E-state index in [1.807, 2.05) is 38.1 Å². The van der Waals surface area contributed by atoms with Crippen LogP contribution in [0.3, 0.4) is 0 Å². The molecule has 0 bridgehead atoms. The molecule has 0 saturated carbocycles. The smallest absolute Gasteiger partial charge is 0.141 e. The Labute approximate surface area is 110 Å². The van der Waals surface area contributed by atoms with Gasteiger partial charge in [-0.2, -0.15) is 5.10 Å². The van der Waals surface area contributed by atoms with E-state index in [4.69, 9.17) is 28.9 Å². The van der Waals surface area contributed by atoms with Gasteiger partial charge < -0.3 is 5.73 Å². The van der Waals surface area contributed by atoms with Crippen molar-refractivity contribution in [3.63, 3.8) is 0 Å². The van der Waals surface area contributed by atoms with Gasteiger partial charge in [0.15, 0.2) is 0 Å². The lowest BCUT2D eigenvalue weighted by atomic mass is 10.1. The summed E-state index contributed by atoms with van der Waals surface area (Å²) in [6, 6.07) is 7.64. The molecule has 2 aromatic rings. The number of hydrogen-bond acceptors (Lipinski definition) is 2. The fraction of sp³-hybridized carbons (Fsp3) is 0.250. The largest absolute Gasteiger partial charge is 0.383 e. The molecule has 1 atom stereocenters. The van der Waals surface area contributed by atoms with E-state index >= 15 is 0 Å². The average molecular weight is 270 g/mol. The van der Waals surface area contributed by atoms with Crippen LogP contribution in [0.1, 0.15) is 24.2 Å². The van der Waals surface area contributed by atoms with Crippen LogP contribution < -0.4 is 5.73 Å². The fourth-order valence-electron chi connectivity index (χ4n) is 1.72. The van der Waals surface area contributed by atoms with E-state index in [1.165, 1.54) is 0 Å². The van der Waals surface area contributed by atoms with E-state index in [2.05, 4.69) is 5.10 Å². The summed E-state index contributed by atoms with van der Waals surface area (Å²) >= 11 is 11.9. The van der Waals surface area contributed by atoms with E-state index in [1.54, 1.807) is 4.68 Å². The van der Waals surface area contributed by atoms with Crippen LogP contribution in [0, 0.1) is 6.92 Å². The highest BCUT2D eigenvalue weighted by Crippen LogP contribution is 2.28. The Morgan fingerprint density at radius 1 is 1.24 bits per heavy atom. The summed E-state index contributed by atoms with van der Waals surface area (Å²) in [7, 11) is 0. The normalized spacial score (nSPS) is 12.7. The maximum absolute atomic E-state index is 6.03. The van der Waals surface area contributed by atoms with Crippen LogP contribution in [0.25, 0.3) is 0 Å². The maximum Gasteiger partial charge on any atom is 0.141 e. The van der Waals surface area contributed by atoms with Crippen LogP contribution in [0.15, 0.2) is 24.3 Å². The van der Waals surface area contributed by atoms with Gasteiger partial charge in [0.2, 0.25) is 0 Å². The highest BCUT2D eigenvalue weighted by molar-refractivity contribution is 6.33. The molecule has 2 N–H and O–H groups in total. The number of aromatic nitrogens is 2. The van der Waals surface area contributed by atoms with E-state index in [-0.39, 0.29) is 6.04 Å². The van der Waals surface area contributed by atoms with Gasteiger partial charge in [0.1, 0.15) is 10.8 Å². The van der Waals surface area contributed by atoms with Crippen LogP contribution in [0.5, 0.6) is 0 Å². The monoisotopic (exact) mass is 269 g/mol. The third kappa shape index (κ3) is 2.26. The van der Waals surface area contributed by atoms with Crippen molar-refractivity contribution in [3.05, 3.63) is 45.6 Å². The van der Waals surface area contributed by atoms with Crippen molar-refractivity contribution in [2.24, 2.45) is 0 Å². The number of nitrogens with zero attached hydrogens (tertiary/aromatic N) is 2. The molecule has 0 aliphatic carbocycles. The second kappa shape index (κ2) is 4.59. The number of nitrogen functional groups attached to an aromatic ring is 1. The minimum Gasteiger partial charge on any atom is -0.383 e. The quantitative estimate of drug-likeness (QED) is 0.904. The van der Waals surface area contributed by atoms with Crippen molar-refractivity contribution >= 4 is 29.0 Å². The molecule has 0 aliphatic rings. The van der Waals surface area contributed by atoms with Crippen LogP contribution in [0.2, 0.25) is 10.0 Å². The Kier molecular flexibility index (Phi) is 3.31. The van der Waals surface area contributed by atoms with Crippen molar-refractivity contribution < 1.29 is 0 Å². The molecule has 17 heavy (non-hydrogen) atoms. The van der Waals surface area contributed by atoms with Crippen LogP contribution >= 0.6 is 23.2 Å². The van der Waals surface area contributed by atoms with Gasteiger partial charge in [-0.15, -0.1) is 0 Å². The Hall–Kier alpha value is -1.19. The first-order valence-electron chi connectivity index (χ1n) is 5.26. The van der Waals surface area contributed by atoms with Crippen molar-refractivity contribution in [2.75, 3.05) is 5.73 Å². The van der Waals surface area contributed by atoms with Gasteiger partial charge in [-0.1, -0.05) is 35.3 Å². The Morgan fingerprint density at radius 3 is 2.29 bits per heavy atom. The average Bonchev–Trinajstić information content (AvgIpc) is 2.57. The number of nitrogens with two attached hydrogens (primary N) is 1. The Balaban J connectivity index is 2.40. The minimum absolute atomic E-state index is 0.0264. The summed E-state index contributed by atoms with van der Waals surface area (Å²) in [5, 5.41) is 5.57. The third-order valence-electron chi connectivity index (χ3n) is 2.77. The molecule has 3 nitrogen and oxygen atoms in total. The molecule has 1 aromatic carbocycles. The molecule has 0 fully saturated rings. The molecule has 5 heteroatoms. The van der Waals surface area contributed by atoms with Gasteiger partial charge in [-0.3, -0.25) is 0 Å². The summed E-state index contributed by atoms with van der Waals surface area (Å²) in [6.45, 7) is 3.85. The molecular formula is C12H13Cl2N3. The Morgan fingerprint density at radius 2 is 1.82 bits per heavy atom. The zero-order valence-corrected chi connectivity index (χ0v) is 11.1. The predicted octanol–water partition coefficient (Wildman–Crippen LogP) is 3.69. The zero-order chi connectivity index (χ0) is 12.6. The lowest BCUT2D eigenvalue weighted by Crippen LogP contribution is -2.11. The van der Waals surface area contributed by atoms with Gasteiger partial charge in [0, 0.05) is 5.02 Å². The lowest BCUT2D eigenvalue weighted by molar-refractivity contribution is 0.569. The summed E-state index contributed by atoms with van der Waals surface area (Å²) in [5.74, 6) is 0.492. The molecule has 0 aliphatic heterocycles. The standard InChI is InChI=1S/C12H13Cl2N3/c1-7-11(14)12(15)17(16-7)8(2)9-3-5-10(13)6-4-9/h3-6,8H,15H2,1-2H3. The summed E-state index contributed by atoms with van der Waals surface area (Å²) in [5.41, 5.74) is 7.74. The van der Waals surface area contributed by atoms with Crippen LogP contribution in [-0.4, -0.2) is 9.78 Å². The van der Waals surface area contributed by atoms with Gasteiger partial charge in [0.05, 0.1) is 11.7 Å². The molecule has 2 rings (SSSR count). The molecule has 0 amide bonds. The van der Waals surface area contributed by atoms with Gasteiger partial charge in [-0.05, 0) is 31.5 Å². The van der Waals surface area contributed by atoms with Crippen molar-refractivity contribution in [1.82, 2.24) is 9.78 Å². The number of halogens is 2. The number of rotatable bonds is 2. The first-order chi connectivity index (χ1) is 8.00. The van der Waals surface area contributed by atoms with Crippen LogP contribution in [-0.2, 0) is 0 Å². The topological polar surface area (TPSA) is 43.8 Å². The van der Waals surface area contributed by atoms with Crippen molar-refractivity contribution in [2.45, 2.75) is 19.9 Å². The van der Waals surface area contributed by atoms with E-state index in [0.29, 0.717) is 15.9 Å². The molecule has 0 saturated heterocycles. The SMILES string of the molecule is Cc1nn(C(C)c2ccc(Cl)cc2)c(N)c1Cl. The molecule has 1 aromatic heterocycles. The van der Waals surface area contributed by atoms with Gasteiger partial charge >= 0.3 is 0 Å². The second-order valence-corrected chi connectivity index (χ2v) is 4.77. The van der Waals surface area contributed by atoms with Gasteiger partial charge in [0.25, 0.3) is 0 Å². The second-order valence-electron chi connectivity index (χ2n) is 3.96. The fourth-order valence-corrected chi connectivity index (χ4v) is 1.97. The van der Waals surface area contributed by atoms with E-state index < -0.39 is 0 Å². The van der Waals surface area contributed by atoms with Crippen molar-refractivity contribution in [3.8, 4) is 0 Å². The third-order valence-corrected chi connectivity index (χ3v) is 3.49. The number of anilines is 1. The lowest BCUT2D eigenvalue weighted by Gasteiger charge is -2.14. The number of benzene rings is 1. The summed E-state index contributed by atoms with van der Waals surface area (Å²) in [4.78, 5) is 0. The minimum atomic E-state index is 0.0264. The zero-order valence-electron chi connectivity index (χ0n) is 9.61. The van der Waals surface area contributed by atoms with Crippen molar-refractivity contribution in [1.29, 1.82) is 0 Å². The van der Waals surface area contributed by atoms with E-state index in [0.717, 1.165) is 11.3 Å². The predicted molar refractivity (Wildman–Crippen MR) is 71.7 cm³/mol. The molecule has 0 radical (unpaired) electrons. The van der Waals surface area contributed by atoms with Gasteiger partial charge in [-0.25, -0.2) is 4.68 Å².